The average molecular weight is 454 g/mol. The van der Waals surface area contributed by atoms with Gasteiger partial charge < -0.3 is 9.80 Å². The topological polar surface area (TPSA) is 95.5 Å². The van der Waals surface area contributed by atoms with E-state index in [1.807, 2.05) is 42.2 Å². The van der Waals surface area contributed by atoms with Crippen molar-refractivity contribution >= 4 is 27.4 Å². The first-order valence-corrected chi connectivity index (χ1v) is 11.9. The Hall–Kier alpha value is -3.46. The SMILES string of the molecule is CC(C(=O)N1CCN(c2ccc(S(=O)(=O)Nc3ccncn3)cc2)CC1)c1ccccc1.[HH]. The second kappa shape index (κ2) is 9.35. The largest absolute Gasteiger partial charge is 0.368 e. The summed E-state index contributed by atoms with van der Waals surface area (Å²) in [5.41, 5.74) is 1.95. The number of sulfonamides is 1. The van der Waals surface area contributed by atoms with Gasteiger partial charge in [0.05, 0.1) is 10.8 Å². The van der Waals surface area contributed by atoms with E-state index in [0.29, 0.717) is 26.2 Å². The Morgan fingerprint density at radius 2 is 1.69 bits per heavy atom. The molecule has 2 heterocycles. The summed E-state index contributed by atoms with van der Waals surface area (Å²) in [4.78, 5) is 24.8. The molecule has 1 atom stereocenters. The van der Waals surface area contributed by atoms with Crippen molar-refractivity contribution in [2.24, 2.45) is 0 Å². The molecule has 32 heavy (non-hydrogen) atoms. The van der Waals surface area contributed by atoms with E-state index in [0.717, 1.165) is 11.3 Å². The maximum Gasteiger partial charge on any atom is 0.263 e. The van der Waals surface area contributed by atoms with Crippen molar-refractivity contribution in [3.63, 3.8) is 0 Å². The zero-order chi connectivity index (χ0) is 22.6. The van der Waals surface area contributed by atoms with Crippen molar-refractivity contribution in [1.29, 1.82) is 0 Å². The van der Waals surface area contributed by atoms with Crippen LogP contribution < -0.4 is 9.62 Å². The highest BCUT2D eigenvalue weighted by Crippen LogP contribution is 2.23. The molecule has 1 aliphatic heterocycles. The van der Waals surface area contributed by atoms with E-state index in [4.69, 9.17) is 0 Å². The van der Waals surface area contributed by atoms with Crippen LogP contribution in [0, 0.1) is 0 Å². The Morgan fingerprint density at radius 3 is 2.31 bits per heavy atom. The van der Waals surface area contributed by atoms with Crippen molar-refractivity contribution in [3.8, 4) is 0 Å². The molecule has 0 bridgehead atoms. The summed E-state index contributed by atoms with van der Waals surface area (Å²) in [5.74, 6) is 0.178. The van der Waals surface area contributed by atoms with Crippen molar-refractivity contribution in [3.05, 3.63) is 78.8 Å². The van der Waals surface area contributed by atoms with Gasteiger partial charge in [-0.05, 0) is 42.8 Å². The number of piperazine rings is 1. The van der Waals surface area contributed by atoms with E-state index in [1.54, 1.807) is 24.3 Å². The zero-order valence-corrected chi connectivity index (χ0v) is 18.6. The molecule has 0 spiro atoms. The normalized spacial score (nSPS) is 15.3. The van der Waals surface area contributed by atoms with Crippen LogP contribution in [0.1, 0.15) is 19.8 Å². The van der Waals surface area contributed by atoms with Crippen LogP contribution in [0.2, 0.25) is 0 Å². The van der Waals surface area contributed by atoms with Crippen molar-refractivity contribution < 1.29 is 14.6 Å². The van der Waals surface area contributed by atoms with Crippen LogP contribution in [-0.2, 0) is 14.8 Å². The lowest BCUT2D eigenvalue weighted by Crippen LogP contribution is -2.49. The molecule has 1 N–H and O–H groups in total. The molecule has 1 unspecified atom stereocenters. The van der Waals surface area contributed by atoms with Crippen LogP contribution in [0.5, 0.6) is 0 Å². The Morgan fingerprint density at radius 1 is 1.00 bits per heavy atom. The fourth-order valence-electron chi connectivity index (χ4n) is 3.73. The Bertz CT molecular complexity index is 1150. The van der Waals surface area contributed by atoms with E-state index >= 15 is 0 Å². The summed E-state index contributed by atoms with van der Waals surface area (Å²) in [6.45, 7) is 4.59. The second-order valence-electron chi connectivity index (χ2n) is 7.64. The third kappa shape index (κ3) is 4.88. The fraction of sp³-hybridized carbons (Fsp3) is 0.261. The van der Waals surface area contributed by atoms with Crippen LogP contribution >= 0.6 is 0 Å². The molecular weight excluding hydrogens is 426 g/mol. The van der Waals surface area contributed by atoms with Gasteiger partial charge >= 0.3 is 0 Å². The summed E-state index contributed by atoms with van der Waals surface area (Å²) >= 11 is 0. The van der Waals surface area contributed by atoms with E-state index in [9.17, 15) is 13.2 Å². The highest BCUT2D eigenvalue weighted by atomic mass is 32.2. The highest BCUT2D eigenvalue weighted by Gasteiger charge is 2.26. The zero-order valence-electron chi connectivity index (χ0n) is 17.8. The van der Waals surface area contributed by atoms with Crippen LogP contribution in [0.3, 0.4) is 0 Å². The second-order valence-corrected chi connectivity index (χ2v) is 9.32. The first-order chi connectivity index (χ1) is 15.4. The number of hydrogen-bond acceptors (Lipinski definition) is 6. The lowest BCUT2D eigenvalue weighted by molar-refractivity contribution is -0.132. The minimum absolute atomic E-state index is 0. The van der Waals surface area contributed by atoms with Gasteiger partial charge in [0.1, 0.15) is 12.1 Å². The number of nitrogens with zero attached hydrogens (tertiary/aromatic N) is 4. The number of carbonyl (C=O) groups excluding carboxylic acids is 1. The minimum Gasteiger partial charge on any atom is -0.368 e. The molecule has 168 valence electrons. The number of anilines is 2. The molecule has 0 aliphatic carbocycles. The number of amides is 1. The Kier molecular flexibility index (Phi) is 6.36. The number of rotatable bonds is 6. The van der Waals surface area contributed by atoms with Gasteiger partial charge in [0.15, 0.2) is 0 Å². The molecule has 1 aliphatic rings. The standard InChI is InChI=1S/C23H25N5O3S.H2/c1-18(19-5-3-2-4-6-19)23(29)28-15-13-27(14-16-28)20-7-9-21(10-8-20)32(30,31)26-22-11-12-24-17-25-22;/h2-12,17-18H,13-16H2,1H3,(H,24,25,26);1H. The summed E-state index contributed by atoms with van der Waals surface area (Å²) in [6.07, 6.45) is 2.75. The number of carbonyl (C=O) groups is 1. The molecule has 0 saturated carbocycles. The predicted molar refractivity (Wildman–Crippen MR) is 125 cm³/mol. The van der Waals surface area contributed by atoms with Crippen molar-refractivity contribution in [2.75, 3.05) is 35.8 Å². The number of hydrogen-bond donors (Lipinski definition) is 1. The molecular formula is C23H27N5O3S. The lowest BCUT2D eigenvalue weighted by Gasteiger charge is -2.37. The van der Waals surface area contributed by atoms with Gasteiger partial charge in [0.2, 0.25) is 5.91 Å². The Labute approximate surface area is 189 Å². The molecule has 1 saturated heterocycles. The van der Waals surface area contributed by atoms with Crippen molar-refractivity contribution in [1.82, 2.24) is 14.9 Å². The highest BCUT2D eigenvalue weighted by molar-refractivity contribution is 7.92. The van der Waals surface area contributed by atoms with Gasteiger partial charge in [-0.3, -0.25) is 9.52 Å². The third-order valence-corrected chi connectivity index (χ3v) is 6.97. The van der Waals surface area contributed by atoms with Crippen LogP contribution in [-0.4, -0.2) is 55.4 Å². The summed E-state index contributed by atoms with van der Waals surface area (Å²) in [6, 6.07) is 18.0. The quantitative estimate of drug-likeness (QED) is 0.617. The molecule has 1 fully saturated rings. The molecule has 8 nitrogen and oxygen atoms in total. The fourth-order valence-corrected chi connectivity index (χ4v) is 4.74. The first-order valence-electron chi connectivity index (χ1n) is 10.4. The molecule has 1 aromatic heterocycles. The van der Waals surface area contributed by atoms with Crippen LogP contribution in [0.25, 0.3) is 0 Å². The molecule has 0 radical (unpaired) electrons. The van der Waals surface area contributed by atoms with E-state index in [-0.39, 0.29) is 24.0 Å². The lowest BCUT2D eigenvalue weighted by atomic mass is 9.99. The van der Waals surface area contributed by atoms with Crippen LogP contribution in [0.4, 0.5) is 11.5 Å². The molecule has 4 rings (SSSR count). The third-order valence-electron chi connectivity index (χ3n) is 5.59. The number of aromatic nitrogens is 2. The van der Waals surface area contributed by atoms with Gasteiger partial charge in [-0.15, -0.1) is 0 Å². The van der Waals surface area contributed by atoms with Crippen LogP contribution in [0.15, 0.2) is 78.1 Å². The number of benzene rings is 2. The maximum absolute atomic E-state index is 12.9. The minimum atomic E-state index is -3.73. The van der Waals surface area contributed by atoms with E-state index in [1.165, 1.54) is 18.6 Å². The number of nitrogens with one attached hydrogen (secondary N) is 1. The maximum atomic E-state index is 12.9. The predicted octanol–water partition coefficient (Wildman–Crippen LogP) is 2.98. The summed E-state index contributed by atoms with van der Waals surface area (Å²) in [7, 11) is -3.73. The van der Waals surface area contributed by atoms with Gasteiger partial charge in [-0.25, -0.2) is 18.4 Å². The van der Waals surface area contributed by atoms with Gasteiger partial charge in [0.25, 0.3) is 10.0 Å². The molecule has 3 aromatic rings. The van der Waals surface area contributed by atoms with Gasteiger partial charge in [-0.2, -0.15) is 0 Å². The van der Waals surface area contributed by atoms with E-state index in [2.05, 4.69) is 19.6 Å². The van der Waals surface area contributed by atoms with Gasteiger partial charge in [0, 0.05) is 39.5 Å². The van der Waals surface area contributed by atoms with E-state index < -0.39 is 10.0 Å². The molecule has 1 amide bonds. The summed E-state index contributed by atoms with van der Waals surface area (Å²) < 4.78 is 27.6. The average Bonchev–Trinajstić information content (AvgIpc) is 2.84. The first kappa shape index (κ1) is 21.8. The monoisotopic (exact) mass is 453 g/mol. The van der Waals surface area contributed by atoms with Gasteiger partial charge in [-0.1, -0.05) is 30.3 Å². The van der Waals surface area contributed by atoms with Crippen molar-refractivity contribution in [2.45, 2.75) is 17.7 Å². The Balaban J connectivity index is 0.00000306. The summed E-state index contributed by atoms with van der Waals surface area (Å²) in [5, 5.41) is 0. The molecule has 9 heteroatoms. The smallest absolute Gasteiger partial charge is 0.263 e. The molecule has 2 aromatic carbocycles.